The Bertz CT molecular complexity index is 881. The topological polar surface area (TPSA) is 67.2 Å². The maximum Gasteiger partial charge on any atom is 0.274 e. The Labute approximate surface area is 139 Å². The lowest BCUT2D eigenvalue weighted by Crippen LogP contribution is -2.19. The monoisotopic (exact) mass is 319 g/mol. The van der Waals surface area contributed by atoms with Crippen LogP contribution < -0.4 is 5.48 Å². The summed E-state index contributed by atoms with van der Waals surface area (Å²) >= 11 is 0. The summed E-state index contributed by atoms with van der Waals surface area (Å²) in [7, 11) is 1.95. The molecule has 1 heterocycles. The Kier molecular flexibility index (Phi) is 4.26. The first-order chi connectivity index (χ1) is 11.6. The molecule has 5 heteroatoms. The van der Waals surface area contributed by atoms with Crippen molar-refractivity contribution in [2.24, 2.45) is 7.05 Å². The second kappa shape index (κ2) is 6.52. The summed E-state index contributed by atoms with van der Waals surface area (Å²) in [6.45, 7) is 3.68. The van der Waals surface area contributed by atoms with Gasteiger partial charge in [-0.25, -0.2) is 10.5 Å². The Hall–Kier alpha value is -3.18. The summed E-state index contributed by atoms with van der Waals surface area (Å²) < 4.78 is 1.96. The van der Waals surface area contributed by atoms with Crippen LogP contribution in [0.15, 0.2) is 67.5 Å². The van der Waals surface area contributed by atoms with E-state index >= 15 is 0 Å². The molecule has 0 atom stereocenters. The van der Waals surface area contributed by atoms with Crippen molar-refractivity contribution in [1.82, 2.24) is 15.0 Å². The normalized spacial score (nSPS) is 10.4. The predicted molar refractivity (Wildman–Crippen MR) is 93.0 cm³/mol. The molecule has 120 valence electrons. The molecular formula is C19H17N3O2. The summed E-state index contributed by atoms with van der Waals surface area (Å²) in [4.78, 5) is 16.0. The van der Waals surface area contributed by atoms with Gasteiger partial charge in [-0.3, -0.25) is 10.0 Å². The number of nitrogens with zero attached hydrogens (tertiary/aromatic N) is 2. The van der Waals surface area contributed by atoms with Crippen LogP contribution in [-0.4, -0.2) is 20.7 Å². The van der Waals surface area contributed by atoms with Crippen molar-refractivity contribution in [2.45, 2.75) is 0 Å². The summed E-state index contributed by atoms with van der Waals surface area (Å²) in [5, 5.41) is 8.70. The van der Waals surface area contributed by atoms with Crippen molar-refractivity contribution in [2.75, 3.05) is 0 Å². The zero-order chi connectivity index (χ0) is 17.1. The SMILES string of the molecule is C=C(C(=O)NO)c1ccc(-c2c(-c3ccccc3)ncn2C)cc1. The van der Waals surface area contributed by atoms with Gasteiger partial charge in [0.1, 0.15) is 0 Å². The van der Waals surface area contributed by atoms with Gasteiger partial charge >= 0.3 is 0 Å². The van der Waals surface area contributed by atoms with Crippen molar-refractivity contribution < 1.29 is 10.0 Å². The third-order valence-corrected chi connectivity index (χ3v) is 3.87. The summed E-state index contributed by atoms with van der Waals surface area (Å²) in [6.07, 6.45) is 1.78. The van der Waals surface area contributed by atoms with Gasteiger partial charge in [0.2, 0.25) is 0 Å². The van der Waals surface area contributed by atoms with Crippen LogP contribution in [0.1, 0.15) is 5.56 Å². The largest absolute Gasteiger partial charge is 0.333 e. The van der Waals surface area contributed by atoms with Crippen molar-refractivity contribution in [3.05, 3.63) is 73.1 Å². The number of carbonyl (C=O) groups is 1. The average molecular weight is 319 g/mol. The van der Waals surface area contributed by atoms with Gasteiger partial charge in [0.15, 0.2) is 0 Å². The number of carbonyl (C=O) groups excluding carboxylic acids is 1. The Morgan fingerprint density at radius 3 is 2.38 bits per heavy atom. The van der Waals surface area contributed by atoms with Crippen LogP contribution in [0.4, 0.5) is 0 Å². The fourth-order valence-corrected chi connectivity index (χ4v) is 2.61. The van der Waals surface area contributed by atoms with E-state index in [4.69, 9.17) is 5.21 Å². The third kappa shape index (κ3) is 2.85. The van der Waals surface area contributed by atoms with E-state index in [1.165, 1.54) is 0 Å². The predicted octanol–water partition coefficient (Wildman–Crippen LogP) is 3.27. The van der Waals surface area contributed by atoms with E-state index in [9.17, 15) is 4.79 Å². The second-order valence-corrected chi connectivity index (χ2v) is 5.42. The zero-order valence-corrected chi connectivity index (χ0v) is 13.2. The molecule has 0 radical (unpaired) electrons. The van der Waals surface area contributed by atoms with E-state index < -0.39 is 5.91 Å². The molecular weight excluding hydrogens is 302 g/mol. The fraction of sp³-hybridized carbons (Fsp3) is 0.0526. The number of aryl methyl sites for hydroxylation is 1. The second-order valence-electron chi connectivity index (χ2n) is 5.42. The molecule has 24 heavy (non-hydrogen) atoms. The van der Waals surface area contributed by atoms with Gasteiger partial charge in [0.25, 0.3) is 5.91 Å². The number of nitrogens with one attached hydrogen (secondary N) is 1. The Morgan fingerprint density at radius 1 is 1.08 bits per heavy atom. The Morgan fingerprint density at radius 2 is 1.75 bits per heavy atom. The maximum absolute atomic E-state index is 11.4. The van der Waals surface area contributed by atoms with Crippen molar-refractivity contribution >= 4 is 11.5 Å². The molecule has 0 aliphatic heterocycles. The van der Waals surface area contributed by atoms with Crippen LogP contribution in [0.2, 0.25) is 0 Å². The van der Waals surface area contributed by atoms with E-state index in [2.05, 4.69) is 11.6 Å². The van der Waals surface area contributed by atoms with Crippen LogP contribution in [0, 0.1) is 0 Å². The number of imidazole rings is 1. The summed E-state index contributed by atoms with van der Waals surface area (Å²) in [5.41, 5.74) is 6.36. The molecule has 1 aromatic heterocycles. The number of hydroxylamine groups is 1. The maximum atomic E-state index is 11.4. The summed E-state index contributed by atoms with van der Waals surface area (Å²) in [5.74, 6) is -0.617. The molecule has 3 rings (SSSR count). The lowest BCUT2D eigenvalue weighted by atomic mass is 10.0. The molecule has 0 spiro atoms. The number of aromatic nitrogens is 2. The number of rotatable bonds is 4. The molecule has 0 saturated heterocycles. The van der Waals surface area contributed by atoms with Gasteiger partial charge in [-0.15, -0.1) is 0 Å². The molecule has 2 aromatic carbocycles. The minimum absolute atomic E-state index is 0.206. The van der Waals surface area contributed by atoms with E-state index in [0.29, 0.717) is 5.56 Å². The highest BCUT2D eigenvalue weighted by Gasteiger charge is 2.14. The first-order valence-electron chi connectivity index (χ1n) is 7.42. The third-order valence-electron chi connectivity index (χ3n) is 3.87. The van der Waals surface area contributed by atoms with E-state index in [1.807, 2.05) is 54.1 Å². The number of amides is 1. The average Bonchev–Trinajstić information content (AvgIpc) is 3.03. The number of benzene rings is 2. The fourth-order valence-electron chi connectivity index (χ4n) is 2.61. The standard InChI is InChI=1S/C19H17N3O2/c1-13(19(23)21-24)14-8-10-16(11-9-14)18-17(20-12-22(18)2)15-6-4-3-5-7-15/h3-12,24H,1H2,2H3,(H,21,23). The molecule has 0 bridgehead atoms. The molecule has 3 aromatic rings. The van der Waals surface area contributed by atoms with Gasteiger partial charge in [-0.2, -0.15) is 0 Å². The first-order valence-corrected chi connectivity index (χ1v) is 7.42. The number of hydrogen-bond donors (Lipinski definition) is 2. The van der Waals surface area contributed by atoms with Gasteiger partial charge in [0.05, 0.1) is 17.7 Å². The van der Waals surface area contributed by atoms with Crippen molar-refractivity contribution in [1.29, 1.82) is 0 Å². The van der Waals surface area contributed by atoms with Crippen LogP contribution in [0.3, 0.4) is 0 Å². The van der Waals surface area contributed by atoms with Crippen LogP contribution in [-0.2, 0) is 11.8 Å². The minimum Gasteiger partial charge on any atom is -0.333 e. The lowest BCUT2D eigenvalue weighted by Gasteiger charge is -2.09. The van der Waals surface area contributed by atoms with Gasteiger partial charge in [-0.05, 0) is 5.56 Å². The molecule has 5 nitrogen and oxygen atoms in total. The molecule has 0 saturated carbocycles. The van der Waals surface area contributed by atoms with E-state index in [-0.39, 0.29) is 5.57 Å². The van der Waals surface area contributed by atoms with E-state index in [1.54, 1.807) is 23.9 Å². The highest BCUT2D eigenvalue weighted by Crippen LogP contribution is 2.31. The highest BCUT2D eigenvalue weighted by atomic mass is 16.5. The minimum atomic E-state index is -0.617. The first kappa shape index (κ1) is 15.7. The van der Waals surface area contributed by atoms with Gasteiger partial charge in [-0.1, -0.05) is 61.2 Å². The smallest absolute Gasteiger partial charge is 0.274 e. The number of hydrogen-bond acceptors (Lipinski definition) is 3. The van der Waals surface area contributed by atoms with Gasteiger partial charge in [0, 0.05) is 23.7 Å². The molecule has 0 unspecified atom stereocenters. The quantitative estimate of drug-likeness (QED) is 0.440. The lowest BCUT2D eigenvalue weighted by molar-refractivity contribution is -0.123. The van der Waals surface area contributed by atoms with Gasteiger partial charge < -0.3 is 4.57 Å². The van der Waals surface area contributed by atoms with Crippen LogP contribution in [0.5, 0.6) is 0 Å². The highest BCUT2D eigenvalue weighted by molar-refractivity contribution is 6.18. The summed E-state index contributed by atoms with van der Waals surface area (Å²) in [6, 6.07) is 17.4. The molecule has 0 aliphatic carbocycles. The molecule has 1 amide bonds. The van der Waals surface area contributed by atoms with Crippen LogP contribution >= 0.6 is 0 Å². The van der Waals surface area contributed by atoms with Crippen molar-refractivity contribution in [3.63, 3.8) is 0 Å². The van der Waals surface area contributed by atoms with Crippen molar-refractivity contribution in [3.8, 4) is 22.5 Å². The zero-order valence-electron chi connectivity index (χ0n) is 13.2. The Balaban J connectivity index is 2.00. The molecule has 2 N–H and O–H groups in total. The van der Waals surface area contributed by atoms with Crippen LogP contribution in [0.25, 0.3) is 28.1 Å². The van der Waals surface area contributed by atoms with E-state index in [0.717, 1.165) is 22.5 Å². The molecule has 0 aliphatic rings. The molecule has 0 fully saturated rings.